The van der Waals surface area contributed by atoms with Gasteiger partial charge in [0.25, 0.3) is 0 Å². The number of morpholine rings is 1. The van der Waals surface area contributed by atoms with Crippen molar-refractivity contribution < 1.29 is 22.6 Å². The molecule has 4 rings (SSSR count). The van der Waals surface area contributed by atoms with Gasteiger partial charge in [-0.1, -0.05) is 30.3 Å². The van der Waals surface area contributed by atoms with Crippen LogP contribution in [0.1, 0.15) is 12.0 Å². The minimum atomic E-state index is -3.59. The third-order valence-corrected chi connectivity index (χ3v) is 6.71. The first kappa shape index (κ1) is 18.3. The summed E-state index contributed by atoms with van der Waals surface area (Å²) < 4.78 is 44.4. The van der Waals surface area contributed by atoms with Crippen LogP contribution in [0, 0.1) is 0 Å². The lowest BCUT2D eigenvalue weighted by Gasteiger charge is -2.32. The number of nitrogens with zero attached hydrogens (tertiary/aromatic N) is 1. The Bertz CT molecular complexity index is 885. The summed E-state index contributed by atoms with van der Waals surface area (Å²) in [5.41, 5.74) is 1.23. The Hall–Kier alpha value is -2.09. The molecule has 1 saturated heterocycles. The number of sulfonamides is 1. The van der Waals surface area contributed by atoms with E-state index in [0.717, 1.165) is 12.8 Å². The zero-order valence-electron chi connectivity index (χ0n) is 15.0. The maximum atomic E-state index is 13.1. The van der Waals surface area contributed by atoms with Crippen molar-refractivity contribution in [2.75, 3.05) is 32.9 Å². The highest BCUT2D eigenvalue weighted by Gasteiger charge is 2.31. The van der Waals surface area contributed by atoms with E-state index in [2.05, 4.69) is 12.1 Å². The van der Waals surface area contributed by atoms with E-state index in [1.165, 1.54) is 9.87 Å². The summed E-state index contributed by atoms with van der Waals surface area (Å²) in [4.78, 5) is 0.232. The number of benzene rings is 2. The fourth-order valence-electron chi connectivity index (χ4n) is 3.39. The molecule has 0 bridgehead atoms. The summed E-state index contributed by atoms with van der Waals surface area (Å²) in [6.07, 6.45) is 1.55. The van der Waals surface area contributed by atoms with Gasteiger partial charge in [0.15, 0.2) is 11.5 Å². The van der Waals surface area contributed by atoms with E-state index in [0.29, 0.717) is 44.4 Å². The van der Waals surface area contributed by atoms with Crippen LogP contribution in [0.15, 0.2) is 53.4 Å². The molecular weight excluding hydrogens is 366 g/mol. The summed E-state index contributed by atoms with van der Waals surface area (Å²) in [6.45, 7) is 2.03. The number of rotatable bonds is 5. The zero-order chi connectivity index (χ0) is 18.7. The standard InChI is InChI=1S/C20H23NO5S/c22-27(23,18-8-9-19-20(14-18)26-13-12-25-19)21-10-11-24-17(15-21)7-6-16-4-2-1-3-5-16/h1-5,8-9,14,17H,6-7,10-13,15H2. The van der Waals surface area contributed by atoms with E-state index in [-0.39, 0.29) is 11.0 Å². The summed E-state index contributed by atoms with van der Waals surface area (Å²) in [6, 6.07) is 15.0. The van der Waals surface area contributed by atoms with Gasteiger partial charge in [0.05, 0.1) is 17.6 Å². The lowest BCUT2D eigenvalue weighted by molar-refractivity contribution is -0.00526. The second kappa shape index (κ2) is 7.88. The van der Waals surface area contributed by atoms with Gasteiger partial charge < -0.3 is 14.2 Å². The van der Waals surface area contributed by atoms with Gasteiger partial charge >= 0.3 is 0 Å². The average Bonchev–Trinajstić information content (AvgIpc) is 2.73. The molecule has 27 heavy (non-hydrogen) atoms. The van der Waals surface area contributed by atoms with E-state index in [1.54, 1.807) is 18.2 Å². The highest BCUT2D eigenvalue weighted by atomic mass is 32.2. The smallest absolute Gasteiger partial charge is 0.243 e. The molecule has 1 unspecified atom stereocenters. The fraction of sp³-hybridized carbons (Fsp3) is 0.400. The monoisotopic (exact) mass is 389 g/mol. The molecule has 0 spiro atoms. The Labute approximate surface area is 159 Å². The van der Waals surface area contributed by atoms with Gasteiger partial charge in [0.2, 0.25) is 10.0 Å². The van der Waals surface area contributed by atoms with Gasteiger partial charge in [-0.15, -0.1) is 0 Å². The van der Waals surface area contributed by atoms with Gasteiger partial charge in [-0.05, 0) is 30.5 Å². The van der Waals surface area contributed by atoms with Crippen molar-refractivity contribution in [2.45, 2.75) is 23.8 Å². The SMILES string of the molecule is O=S(=O)(c1ccc2c(c1)OCCO2)N1CCOC(CCc2ccccc2)C1. The first-order valence-corrected chi connectivity index (χ1v) is 10.6. The van der Waals surface area contributed by atoms with Crippen LogP contribution in [0.4, 0.5) is 0 Å². The number of hydrogen-bond acceptors (Lipinski definition) is 5. The van der Waals surface area contributed by atoms with Crippen LogP contribution in [-0.4, -0.2) is 51.7 Å². The number of ether oxygens (including phenoxy) is 3. The molecule has 0 aromatic heterocycles. The maximum Gasteiger partial charge on any atom is 0.243 e. The second-order valence-corrected chi connectivity index (χ2v) is 8.62. The Kier molecular flexibility index (Phi) is 5.33. The van der Waals surface area contributed by atoms with Gasteiger partial charge in [-0.2, -0.15) is 4.31 Å². The predicted molar refractivity (Wildman–Crippen MR) is 101 cm³/mol. The molecular formula is C20H23NO5S. The number of fused-ring (bicyclic) bond motifs is 1. The first-order valence-electron chi connectivity index (χ1n) is 9.18. The van der Waals surface area contributed by atoms with Gasteiger partial charge in [-0.25, -0.2) is 8.42 Å². The molecule has 1 atom stereocenters. The van der Waals surface area contributed by atoms with Crippen LogP contribution in [-0.2, 0) is 21.2 Å². The third-order valence-electron chi connectivity index (χ3n) is 4.85. The van der Waals surface area contributed by atoms with Crippen molar-refractivity contribution in [3.05, 3.63) is 54.1 Å². The van der Waals surface area contributed by atoms with Crippen LogP contribution >= 0.6 is 0 Å². The number of aryl methyl sites for hydroxylation is 1. The molecule has 2 aliphatic rings. The lowest BCUT2D eigenvalue weighted by Crippen LogP contribution is -2.45. The van der Waals surface area contributed by atoms with E-state index >= 15 is 0 Å². The molecule has 0 radical (unpaired) electrons. The molecule has 0 saturated carbocycles. The van der Waals surface area contributed by atoms with E-state index in [9.17, 15) is 8.42 Å². The predicted octanol–water partition coefficient (Wildman–Crippen LogP) is 2.48. The van der Waals surface area contributed by atoms with E-state index < -0.39 is 10.0 Å². The average molecular weight is 389 g/mol. The Morgan fingerprint density at radius 2 is 1.74 bits per heavy atom. The van der Waals surface area contributed by atoms with Gasteiger partial charge in [0.1, 0.15) is 13.2 Å². The quantitative estimate of drug-likeness (QED) is 0.786. The minimum absolute atomic E-state index is 0.106. The van der Waals surface area contributed by atoms with Crippen LogP contribution < -0.4 is 9.47 Å². The maximum absolute atomic E-state index is 13.1. The molecule has 1 fully saturated rings. The first-order chi connectivity index (χ1) is 13.1. The van der Waals surface area contributed by atoms with E-state index in [4.69, 9.17) is 14.2 Å². The molecule has 0 aliphatic carbocycles. The summed E-state index contributed by atoms with van der Waals surface area (Å²) >= 11 is 0. The number of hydrogen-bond donors (Lipinski definition) is 0. The Morgan fingerprint density at radius 3 is 2.56 bits per heavy atom. The van der Waals surface area contributed by atoms with E-state index in [1.807, 2.05) is 18.2 Å². The van der Waals surface area contributed by atoms with Crippen LogP contribution in [0.25, 0.3) is 0 Å². The van der Waals surface area contributed by atoms with Crippen LogP contribution in [0.5, 0.6) is 11.5 Å². The largest absolute Gasteiger partial charge is 0.486 e. The Balaban J connectivity index is 1.45. The summed E-state index contributed by atoms with van der Waals surface area (Å²) in [7, 11) is -3.59. The van der Waals surface area contributed by atoms with Crippen molar-refractivity contribution in [1.82, 2.24) is 4.31 Å². The van der Waals surface area contributed by atoms with Crippen LogP contribution in [0.3, 0.4) is 0 Å². The normalized spacial score (nSPS) is 20.4. The fourth-order valence-corrected chi connectivity index (χ4v) is 4.86. The molecule has 2 aliphatic heterocycles. The highest BCUT2D eigenvalue weighted by Crippen LogP contribution is 2.33. The molecule has 144 valence electrons. The highest BCUT2D eigenvalue weighted by molar-refractivity contribution is 7.89. The molecule has 0 N–H and O–H groups in total. The van der Waals surface area contributed by atoms with Gasteiger partial charge in [-0.3, -0.25) is 0 Å². The topological polar surface area (TPSA) is 65.1 Å². The third kappa shape index (κ3) is 4.10. The molecule has 2 aromatic rings. The minimum Gasteiger partial charge on any atom is -0.486 e. The Morgan fingerprint density at radius 1 is 0.963 bits per heavy atom. The molecule has 2 heterocycles. The second-order valence-electron chi connectivity index (χ2n) is 6.69. The van der Waals surface area contributed by atoms with Crippen LogP contribution in [0.2, 0.25) is 0 Å². The van der Waals surface area contributed by atoms with Crippen molar-refractivity contribution in [3.63, 3.8) is 0 Å². The van der Waals surface area contributed by atoms with Crippen molar-refractivity contribution in [2.24, 2.45) is 0 Å². The lowest BCUT2D eigenvalue weighted by atomic mass is 10.1. The van der Waals surface area contributed by atoms with Crippen molar-refractivity contribution in [3.8, 4) is 11.5 Å². The zero-order valence-corrected chi connectivity index (χ0v) is 15.9. The van der Waals surface area contributed by atoms with Crippen molar-refractivity contribution >= 4 is 10.0 Å². The summed E-state index contributed by atoms with van der Waals surface area (Å²) in [5, 5.41) is 0. The van der Waals surface area contributed by atoms with Gasteiger partial charge in [0, 0.05) is 19.2 Å². The molecule has 0 amide bonds. The summed E-state index contributed by atoms with van der Waals surface area (Å²) in [5.74, 6) is 1.07. The molecule has 7 heteroatoms. The van der Waals surface area contributed by atoms with Crippen molar-refractivity contribution in [1.29, 1.82) is 0 Å². The molecule has 6 nitrogen and oxygen atoms in total. The molecule has 2 aromatic carbocycles.